The van der Waals surface area contributed by atoms with Gasteiger partial charge in [-0.15, -0.1) is 0 Å². The van der Waals surface area contributed by atoms with Gasteiger partial charge in [-0.1, -0.05) is 39.0 Å². The summed E-state index contributed by atoms with van der Waals surface area (Å²) in [5.74, 6) is 0.346. The van der Waals surface area contributed by atoms with Gasteiger partial charge in [-0.05, 0) is 59.3 Å². The van der Waals surface area contributed by atoms with Crippen LogP contribution in [0.15, 0.2) is 0 Å². The number of nitrogens with one attached hydrogen (secondary N) is 2. The van der Waals surface area contributed by atoms with E-state index in [0.717, 1.165) is 32.1 Å². The van der Waals surface area contributed by atoms with Crippen LogP contribution in [0.25, 0.3) is 0 Å². The lowest BCUT2D eigenvalue weighted by atomic mass is 9.84. The molecule has 1 aliphatic carbocycles. The largest absolute Gasteiger partial charge is 0.444 e. The SMILES string of the molecule is CCCN(C(=O)[C@H](CC1CCCCC1)NC(=O)OC(C)(C)C)[C@H]1CC[C@@H](C)NC[C@@H]1O. The fourth-order valence-corrected chi connectivity index (χ4v) is 4.84. The molecule has 1 heterocycles. The van der Waals surface area contributed by atoms with Crippen LogP contribution in [0.2, 0.25) is 0 Å². The van der Waals surface area contributed by atoms with Gasteiger partial charge in [0.15, 0.2) is 0 Å². The first kappa shape index (κ1) is 25.9. The maximum atomic E-state index is 13.8. The van der Waals surface area contributed by atoms with Crippen molar-refractivity contribution in [3.8, 4) is 0 Å². The van der Waals surface area contributed by atoms with Gasteiger partial charge in [-0.2, -0.15) is 0 Å². The second-order valence-electron chi connectivity index (χ2n) is 10.5. The first-order valence-electron chi connectivity index (χ1n) is 12.3. The maximum absolute atomic E-state index is 13.8. The molecule has 0 spiro atoms. The van der Waals surface area contributed by atoms with Crippen LogP contribution in [0, 0.1) is 5.92 Å². The van der Waals surface area contributed by atoms with E-state index in [1.807, 2.05) is 32.6 Å². The molecule has 1 aliphatic heterocycles. The van der Waals surface area contributed by atoms with Crippen molar-refractivity contribution in [2.24, 2.45) is 5.92 Å². The number of carbonyl (C=O) groups excluding carboxylic acids is 2. The Hall–Kier alpha value is -1.34. The molecule has 2 rings (SSSR count). The Kier molecular flexibility index (Phi) is 10.1. The standard InChI is InChI=1S/C24H45N3O4/c1-6-14-27(20-13-12-17(2)25-16-21(20)28)22(29)19(15-18-10-8-7-9-11-18)26-23(30)31-24(3,4)5/h17-21,25,28H,6-16H2,1-5H3,(H,26,30)/t17-,19+,20+,21+/m1/s1. The number of alkyl carbamates (subject to hydrolysis) is 1. The molecule has 0 unspecified atom stereocenters. The predicted molar refractivity (Wildman–Crippen MR) is 123 cm³/mol. The molecule has 1 saturated heterocycles. The zero-order chi connectivity index (χ0) is 23.0. The summed E-state index contributed by atoms with van der Waals surface area (Å²) in [5.41, 5.74) is -0.620. The third-order valence-corrected chi connectivity index (χ3v) is 6.45. The summed E-state index contributed by atoms with van der Waals surface area (Å²) in [5, 5.41) is 17.0. The Morgan fingerprint density at radius 1 is 1.16 bits per heavy atom. The van der Waals surface area contributed by atoms with Gasteiger partial charge >= 0.3 is 6.09 Å². The van der Waals surface area contributed by atoms with E-state index in [9.17, 15) is 14.7 Å². The first-order valence-corrected chi connectivity index (χ1v) is 12.3. The number of carbonyl (C=O) groups is 2. The average Bonchev–Trinajstić information content (AvgIpc) is 2.85. The molecule has 0 aromatic carbocycles. The van der Waals surface area contributed by atoms with Gasteiger partial charge < -0.3 is 25.4 Å². The van der Waals surface area contributed by atoms with Gasteiger partial charge in [0.1, 0.15) is 11.6 Å². The van der Waals surface area contributed by atoms with E-state index < -0.39 is 23.8 Å². The van der Waals surface area contributed by atoms with Gasteiger partial charge in [-0.3, -0.25) is 4.79 Å². The van der Waals surface area contributed by atoms with Gasteiger partial charge in [0, 0.05) is 19.1 Å². The number of nitrogens with zero attached hydrogens (tertiary/aromatic N) is 1. The fourth-order valence-electron chi connectivity index (χ4n) is 4.84. The van der Waals surface area contributed by atoms with Crippen LogP contribution in [0.3, 0.4) is 0 Å². The summed E-state index contributed by atoms with van der Waals surface area (Å²) in [6.45, 7) is 10.7. The summed E-state index contributed by atoms with van der Waals surface area (Å²) in [6, 6.07) is -0.541. The van der Waals surface area contributed by atoms with Crippen LogP contribution in [0.1, 0.15) is 92.4 Å². The highest BCUT2D eigenvalue weighted by atomic mass is 16.6. The van der Waals surface area contributed by atoms with Gasteiger partial charge in [0.25, 0.3) is 0 Å². The van der Waals surface area contributed by atoms with E-state index in [-0.39, 0.29) is 11.9 Å². The van der Waals surface area contributed by atoms with E-state index in [2.05, 4.69) is 17.6 Å². The highest BCUT2D eigenvalue weighted by molar-refractivity contribution is 5.86. The number of hydrogen-bond donors (Lipinski definition) is 3. The molecule has 1 saturated carbocycles. The number of aliphatic hydroxyl groups is 1. The van der Waals surface area contributed by atoms with Crippen molar-refractivity contribution < 1.29 is 19.4 Å². The summed E-state index contributed by atoms with van der Waals surface area (Å²) >= 11 is 0. The van der Waals surface area contributed by atoms with Gasteiger partial charge in [0.05, 0.1) is 12.1 Å². The Bertz CT molecular complexity index is 572. The fraction of sp³-hybridized carbons (Fsp3) is 0.917. The minimum absolute atomic E-state index is 0.0862. The minimum Gasteiger partial charge on any atom is -0.444 e. The molecule has 2 fully saturated rings. The molecule has 31 heavy (non-hydrogen) atoms. The molecule has 0 aromatic heterocycles. The minimum atomic E-state index is -0.620. The Labute approximate surface area is 188 Å². The normalized spacial score (nSPS) is 26.6. The van der Waals surface area contributed by atoms with Crippen LogP contribution >= 0.6 is 0 Å². The van der Waals surface area contributed by atoms with Crippen molar-refractivity contribution in [1.29, 1.82) is 0 Å². The second kappa shape index (κ2) is 12.0. The number of hydrogen-bond acceptors (Lipinski definition) is 5. The zero-order valence-corrected chi connectivity index (χ0v) is 20.3. The van der Waals surface area contributed by atoms with Crippen molar-refractivity contribution in [1.82, 2.24) is 15.5 Å². The Balaban J connectivity index is 2.19. The molecule has 0 radical (unpaired) electrons. The lowest BCUT2D eigenvalue weighted by molar-refractivity contribution is -0.139. The molecule has 7 heteroatoms. The summed E-state index contributed by atoms with van der Waals surface area (Å²) in [4.78, 5) is 28.2. The molecular weight excluding hydrogens is 394 g/mol. The van der Waals surface area contributed by atoms with E-state index >= 15 is 0 Å². The summed E-state index contributed by atoms with van der Waals surface area (Å²) in [7, 11) is 0. The van der Waals surface area contributed by atoms with Crippen molar-refractivity contribution in [3.63, 3.8) is 0 Å². The molecular formula is C24H45N3O4. The highest BCUT2D eigenvalue weighted by Gasteiger charge is 2.37. The lowest BCUT2D eigenvalue weighted by Gasteiger charge is -2.37. The topological polar surface area (TPSA) is 90.9 Å². The molecule has 0 aromatic rings. The molecule has 0 bridgehead atoms. The van der Waals surface area contributed by atoms with E-state index in [1.165, 1.54) is 19.3 Å². The maximum Gasteiger partial charge on any atom is 0.408 e. The Morgan fingerprint density at radius 3 is 2.45 bits per heavy atom. The van der Waals surface area contributed by atoms with E-state index in [1.54, 1.807) is 0 Å². The van der Waals surface area contributed by atoms with Crippen LogP contribution in [-0.2, 0) is 9.53 Å². The number of rotatable bonds is 7. The van der Waals surface area contributed by atoms with Crippen LogP contribution in [0.4, 0.5) is 4.79 Å². The van der Waals surface area contributed by atoms with Gasteiger partial charge in [-0.25, -0.2) is 4.79 Å². The second-order valence-corrected chi connectivity index (χ2v) is 10.5. The summed E-state index contributed by atoms with van der Waals surface area (Å²) < 4.78 is 5.47. The van der Waals surface area contributed by atoms with Crippen LogP contribution < -0.4 is 10.6 Å². The third-order valence-electron chi connectivity index (χ3n) is 6.45. The van der Waals surface area contributed by atoms with Crippen molar-refractivity contribution >= 4 is 12.0 Å². The zero-order valence-electron chi connectivity index (χ0n) is 20.3. The first-order chi connectivity index (χ1) is 14.6. The monoisotopic (exact) mass is 439 g/mol. The van der Waals surface area contributed by atoms with Gasteiger partial charge in [0.2, 0.25) is 5.91 Å². The van der Waals surface area contributed by atoms with Crippen LogP contribution in [-0.4, -0.2) is 64.9 Å². The lowest BCUT2D eigenvalue weighted by Crippen LogP contribution is -2.56. The summed E-state index contributed by atoms with van der Waals surface area (Å²) in [6.07, 6.45) is 7.75. The van der Waals surface area contributed by atoms with Crippen molar-refractivity contribution in [2.75, 3.05) is 13.1 Å². The number of β-amino-alcohol motifs (C(OH)–C–C–N with tert-alkyl or cyclic N) is 1. The predicted octanol–water partition coefficient (Wildman–Crippen LogP) is 3.59. The number of aliphatic hydroxyl groups excluding tert-OH is 1. The molecule has 180 valence electrons. The molecule has 2 aliphatic rings. The molecule has 4 atom stereocenters. The van der Waals surface area contributed by atoms with Crippen molar-refractivity contribution in [3.05, 3.63) is 0 Å². The third kappa shape index (κ3) is 8.60. The van der Waals surface area contributed by atoms with E-state index in [4.69, 9.17) is 4.74 Å². The average molecular weight is 440 g/mol. The quantitative estimate of drug-likeness (QED) is 0.564. The Morgan fingerprint density at radius 2 is 1.84 bits per heavy atom. The van der Waals surface area contributed by atoms with Crippen LogP contribution in [0.5, 0.6) is 0 Å². The van der Waals surface area contributed by atoms with Crippen molar-refractivity contribution in [2.45, 2.75) is 122 Å². The highest BCUT2D eigenvalue weighted by Crippen LogP contribution is 2.29. The molecule has 3 N–H and O–H groups in total. The molecule has 7 nitrogen and oxygen atoms in total. The number of amides is 2. The molecule has 2 amide bonds. The smallest absolute Gasteiger partial charge is 0.408 e. The number of ether oxygens (including phenoxy) is 1. The van der Waals surface area contributed by atoms with E-state index in [0.29, 0.717) is 31.5 Å².